The van der Waals surface area contributed by atoms with Gasteiger partial charge in [-0.25, -0.2) is 4.39 Å². The zero-order chi connectivity index (χ0) is 12.3. The third-order valence-corrected chi connectivity index (χ3v) is 2.72. The molecule has 0 amide bonds. The predicted molar refractivity (Wildman–Crippen MR) is 67.2 cm³/mol. The molecule has 1 unspecified atom stereocenters. The summed E-state index contributed by atoms with van der Waals surface area (Å²) in [6.45, 7) is 6.46. The number of benzene rings is 1. The zero-order valence-electron chi connectivity index (χ0n) is 10.1. The van der Waals surface area contributed by atoms with Gasteiger partial charge in [0.25, 0.3) is 0 Å². The third-order valence-electron chi connectivity index (χ3n) is 2.37. The lowest BCUT2D eigenvalue weighted by Gasteiger charge is -2.23. The van der Waals surface area contributed by atoms with Crippen molar-refractivity contribution in [3.8, 4) is 0 Å². The van der Waals surface area contributed by atoms with Gasteiger partial charge in [-0.3, -0.25) is 0 Å². The van der Waals surface area contributed by atoms with Crippen molar-refractivity contribution in [3.05, 3.63) is 34.6 Å². The Morgan fingerprint density at radius 2 is 2.00 bits per heavy atom. The van der Waals surface area contributed by atoms with Crippen LogP contribution in [0.15, 0.2) is 18.2 Å². The summed E-state index contributed by atoms with van der Waals surface area (Å²) in [6.07, 6.45) is 1.61. The maximum Gasteiger partial charge on any atom is 0.124 e. The van der Waals surface area contributed by atoms with E-state index in [1.165, 1.54) is 12.1 Å². The van der Waals surface area contributed by atoms with Crippen LogP contribution in [0.2, 0.25) is 5.02 Å². The Labute approximate surface area is 102 Å². The van der Waals surface area contributed by atoms with Crippen molar-refractivity contribution >= 4 is 11.6 Å². The lowest BCUT2D eigenvalue weighted by molar-refractivity contribution is 0.338. The number of hydrogen-bond donors (Lipinski definition) is 1. The molecular weight excluding hydrogens is 225 g/mol. The number of hydrogen-bond acceptors (Lipinski definition) is 1. The molecule has 0 aliphatic heterocycles. The highest BCUT2D eigenvalue weighted by Crippen LogP contribution is 2.24. The summed E-state index contributed by atoms with van der Waals surface area (Å²) in [5, 5.41) is 0.462. The van der Waals surface area contributed by atoms with Gasteiger partial charge in [0.15, 0.2) is 0 Å². The molecule has 0 aromatic heterocycles. The van der Waals surface area contributed by atoms with Crippen molar-refractivity contribution in [3.63, 3.8) is 0 Å². The maximum atomic E-state index is 12.8. The van der Waals surface area contributed by atoms with Gasteiger partial charge in [-0.05, 0) is 36.0 Å². The molecule has 90 valence electrons. The molecule has 0 heterocycles. The molecule has 1 rings (SSSR count). The van der Waals surface area contributed by atoms with E-state index in [0.29, 0.717) is 11.4 Å². The average Bonchev–Trinajstić information content (AvgIpc) is 2.06. The van der Waals surface area contributed by atoms with Gasteiger partial charge in [-0.2, -0.15) is 0 Å². The van der Waals surface area contributed by atoms with E-state index < -0.39 is 0 Å². The van der Waals surface area contributed by atoms with Gasteiger partial charge in [0, 0.05) is 11.1 Å². The minimum atomic E-state index is -0.307. The van der Waals surface area contributed by atoms with Gasteiger partial charge in [0.2, 0.25) is 0 Å². The Morgan fingerprint density at radius 3 is 2.50 bits per heavy atom. The van der Waals surface area contributed by atoms with Crippen LogP contribution in [0.3, 0.4) is 0 Å². The number of rotatable bonds is 3. The van der Waals surface area contributed by atoms with Gasteiger partial charge < -0.3 is 5.73 Å². The van der Waals surface area contributed by atoms with Crippen molar-refractivity contribution in [2.75, 3.05) is 0 Å². The Morgan fingerprint density at radius 1 is 1.38 bits per heavy atom. The molecular formula is C13H19ClFN. The summed E-state index contributed by atoms with van der Waals surface area (Å²) in [4.78, 5) is 0. The Bertz CT molecular complexity index is 357. The molecule has 0 fully saturated rings. The molecule has 0 spiro atoms. The van der Waals surface area contributed by atoms with E-state index in [2.05, 4.69) is 20.8 Å². The van der Waals surface area contributed by atoms with E-state index in [-0.39, 0.29) is 17.3 Å². The van der Waals surface area contributed by atoms with Crippen LogP contribution >= 0.6 is 11.6 Å². The molecule has 0 aliphatic carbocycles. The SMILES string of the molecule is CC(C)(C)CC(N)Cc1ccc(F)cc1Cl. The predicted octanol–water partition coefficient (Wildman–Crippen LogP) is 3.79. The smallest absolute Gasteiger partial charge is 0.124 e. The molecule has 0 aliphatic rings. The summed E-state index contributed by atoms with van der Waals surface area (Å²) < 4.78 is 12.8. The summed E-state index contributed by atoms with van der Waals surface area (Å²) >= 11 is 5.95. The Balaban J connectivity index is 2.66. The highest BCUT2D eigenvalue weighted by atomic mass is 35.5. The maximum absolute atomic E-state index is 12.8. The molecule has 1 nitrogen and oxygen atoms in total. The van der Waals surface area contributed by atoms with Crippen LogP contribution in [0, 0.1) is 11.2 Å². The van der Waals surface area contributed by atoms with E-state index in [1.807, 2.05) is 0 Å². The quantitative estimate of drug-likeness (QED) is 0.859. The normalized spacial score (nSPS) is 13.9. The van der Waals surface area contributed by atoms with Gasteiger partial charge in [-0.15, -0.1) is 0 Å². The summed E-state index contributed by atoms with van der Waals surface area (Å²) in [5.74, 6) is -0.307. The molecule has 0 bridgehead atoms. The van der Waals surface area contributed by atoms with Crippen LogP contribution in [0.5, 0.6) is 0 Å². The fourth-order valence-corrected chi connectivity index (χ4v) is 2.07. The lowest BCUT2D eigenvalue weighted by atomic mass is 9.86. The van der Waals surface area contributed by atoms with Crippen LogP contribution in [-0.2, 0) is 6.42 Å². The molecule has 2 N–H and O–H groups in total. The second kappa shape index (κ2) is 5.15. The summed E-state index contributed by atoms with van der Waals surface area (Å²) in [5.41, 5.74) is 7.16. The number of halogens is 2. The van der Waals surface area contributed by atoms with Gasteiger partial charge >= 0.3 is 0 Å². The Hall–Kier alpha value is -0.600. The Kier molecular flexibility index (Phi) is 4.34. The molecule has 3 heteroatoms. The van der Waals surface area contributed by atoms with E-state index in [9.17, 15) is 4.39 Å². The highest BCUT2D eigenvalue weighted by molar-refractivity contribution is 6.31. The zero-order valence-corrected chi connectivity index (χ0v) is 10.8. The second-order valence-corrected chi connectivity index (χ2v) is 5.87. The first-order chi connectivity index (χ1) is 7.28. The van der Waals surface area contributed by atoms with Gasteiger partial charge in [0.05, 0.1) is 0 Å². The minimum absolute atomic E-state index is 0.0583. The second-order valence-electron chi connectivity index (χ2n) is 5.46. The highest BCUT2D eigenvalue weighted by Gasteiger charge is 2.16. The largest absolute Gasteiger partial charge is 0.327 e. The molecule has 0 saturated carbocycles. The topological polar surface area (TPSA) is 26.0 Å². The van der Waals surface area contributed by atoms with E-state index in [4.69, 9.17) is 17.3 Å². The number of nitrogens with two attached hydrogens (primary N) is 1. The van der Waals surface area contributed by atoms with Crippen LogP contribution in [0.4, 0.5) is 4.39 Å². The first kappa shape index (κ1) is 13.5. The van der Waals surface area contributed by atoms with Crippen LogP contribution in [-0.4, -0.2) is 6.04 Å². The molecule has 1 atom stereocenters. The van der Waals surface area contributed by atoms with E-state index in [0.717, 1.165) is 12.0 Å². The molecule has 1 aromatic carbocycles. The van der Waals surface area contributed by atoms with E-state index >= 15 is 0 Å². The average molecular weight is 244 g/mol. The van der Waals surface area contributed by atoms with Crippen LogP contribution < -0.4 is 5.73 Å². The molecule has 0 saturated heterocycles. The van der Waals surface area contributed by atoms with Crippen molar-refractivity contribution in [2.24, 2.45) is 11.1 Å². The minimum Gasteiger partial charge on any atom is -0.327 e. The molecule has 1 aromatic rings. The van der Waals surface area contributed by atoms with Gasteiger partial charge in [-0.1, -0.05) is 38.4 Å². The standard InChI is InChI=1S/C13H19ClFN/c1-13(2,3)8-11(16)6-9-4-5-10(15)7-12(9)14/h4-5,7,11H,6,8,16H2,1-3H3. The molecule has 16 heavy (non-hydrogen) atoms. The van der Waals surface area contributed by atoms with Crippen molar-refractivity contribution in [2.45, 2.75) is 39.7 Å². The monoisotopic (exact) mass is 243 g/mol. The van der Waals surface area contributed by atoms with Gasteiger partial charge in [0.1, 0.15) is 5.82 Å². The molecule has 0 radical (unpaired) electrons. The fourth-order valence-electron chi connectivity index (χ4n) is 1.83. The van der Waals surface area contributed by atoms with Crippen LogP contribution in [0.1, 0.15) is 32.8 Å². The fraction of sp³-hybridized carbons (Fsp3) is 0.538. The van der Waals surface area contributed by atoms with Crippen LogP contribution in [0.25, 0.3) is 0 Å². The first-order valence-electron chi connectivity index (χ1n) is 5.47. The third kappa shape index (κ3) is 4.50. The van der Waals surface area contributed by atoms with E-state index in [1.54, 1.807) is 6.07 Å². The van der Waals surface area contributed by atoms with Crippen molar-refractivity contribution in [1.29, 1.82) is 0 Å². The van der Waals surface area contributed by atoms with Crippen molar-refractivity contribution < 1.29 is 4.39 Å². The van der Waals surface area contributed by atoms with Crippen molar-refractivity contribution in [1.82, 2.24) is 0 Å². The first-order valence-corrected chi connectivity index (χ1v) is 5.85. The summed E-state index contributed by atoms with van der Waals surface area (Å²) in [6, 6.07) is 4.52. The lowest BCUT2D eigenvalue weighted by Crippen LogP contribution is -2.28. The summed E-state index contributed by atoms with van der Waals surface area (Å²) in [7, 11) is 0.